The Hall–Kier alpha value is -4.70. The van der Waals surface area contributed by atoms with Crippen LogP contribution in [0.25, 0.3) is 11.1 Å². The molecule has 0 atom stereocenters. The molecule has 0 bridgehead atoms. The lowest BCUT2D eigenvalue weighted by molar-refractivity contribution is 0.319. The van der Waals surface area contributed by atoms with E-state index < -0.39 is 0 Å². The molecule has 4 heteroatoms. The van der Waals surface area contributed by atoms with Gasteiger partial charge >= 0.3 is 0 Å². The lowest BCUT2D eigenvalue weighted by Gasteiger charge is -2.15. The van der Waals surface area contributed by atoms with Gasteiger partial charge in [0.05, 0.1) is 0 Å². The van der Waals surface area contributed by atoms with E-state index in [1.54, 1.807) is 0 Å². The average Bonchev–Trinajstić information content (AvgIpc) is 2.92. The molecule has 34 heavy (non-hydrogen) atoms. The van der Waals surface area contributed by atoms with E-state index >= 15 is 0 Å². The Balaban J connectivity index is 1.96. The highest BCUT2D eigenvalue weighted by Gasteiger charge is 2.15. The molecule has 0 aliphatic rings. The number of hydrogen-bond acceptors (Lipinski definition) is 4. The zero-order valence-electron chi connectivity index (χ0n) is 18.5. The van der Waals surface area contributed by atoms with E-state index in [4.69, 9.17) is 0 Å². The van der Waals surface area contributed by atoms with Crippen LogP contribution in [0.4, 0.5) is 0 Å². The van der Waals surface area contributed by atoms with Gasteiger partial charge in [-0.15, -0.1) is 0 Å². The first-order chi connectivity index (χ1) is 16.8. The van der Waals surface area contributed by atoms with Crippen LogP contribution in [0.5, 0.6) is 0 Å². The van der Waals surface area contributed by atoms with Crippen molar-refractivity contribution in [2.24, 2.45) is 10.3 Å². The first kappa shape index (κ1) is 22.5. The predicted octanol–water partition coefficient (Wildman–Crippen LogP) is 6.91. The summed E-state index contributed by atoms with van der Waals surface area (Å²) in [6, 6.07) is 38.8. The van der Waals surface area contributed by atoms with Crippen LogP contribution in [-0.4, -0.2) is 21.8 Å². The van der Waals surface area contributed by atoms with Crippen molar-refractivity contribution in [3.63, 3.8) is 0 Å². The summed E-state index contributed by atoms with van der Waals surface area (Å²) < 4.78 is 0. The average molecular weight is 445 g/mol. The highest BCUT2D eigenvalue weighted by atomic mass is 16.4. The minimum atomic E-state index is 0.420. The monoisotopic (exact) mass is 444 g/mol. The van der Waals surface area contributed by atoms with Gasteiger partial charge in [0, 0.05) is 11.1 Å². The van der Waals surface area contributed by atoms with E-state index in [0.717, 1.165) is 33.4 Å². The highest BCUT2D eigenvalue weighted by molar-refractivity contribution is 6.23. The van der Waals surface area contributed by atoms with Crippen molar-refractivity contribution in [1.29, 1.82) is 0 Å². The molecule has 0 spiro atoms. The Kier molecular flexibility index (Phi) is 7.44. The fourth-order valence-electron chi connectivity index (χ4n) is 3.70. The number of hydrogen-bond donors (Lipinski definition) is 2. The minimum Gasteiger partial charge on any atom is -0.410 e. The van der Waals surface area contributed by atoms with Crippen LogP contribution in [0.1, 0.15) is 22.3 Å². The molecule has 0 fully saturated rings. The maximum absolute atomic E-state index is 9.89. The van der Waals surface area contributed by atoms with Gasteiger partial charge < -0.3 is 10.4 Å². The van der Waals surface area contributed by atoms with Gasteiger partial charge in [0.1, 0.15) is 11.4 Å². The summed E-state index contributed by atoms with van der Waals surface area (Å²) in [5, 5.41) is 27.0. The molecule has 0 heterocycles. The molecule has 0 amide bonds. The van der Waals surface area contributed by atoms with Crippen LogP contribution >= 0.6 is 0 Å². The third kappa shape index (κ3) is 5.37. The first-order valence-corrected chi connectivity index (χ1v) is 10.9. The van der Waals surface area contributed by atoms with Gasteiger partial charge in [-0.2, -0.15) is 0 Å². The third-order valence-electron chi connectivity index (χ3n) is 5.38. The van der Waals surface area contributed by atoms with Gasteiger partial charge in [-0.3, -0.25) is 0 Å². The Morgan fingerprint density at radius 3 is 0.941 bits per heavy atom. The van der Waals surface area contributed by atoms with E-state index in [2.05, 4.69) is 10.3 Å². The van der Waals surface area contributed by atoms with Crippen molar-refractivity contribution in [3.8, 4) is 0 Å². The van der Waals surface area contributed by atoms with Gasteiger partial charge in [-0.1, -0.05) is 132 Å². The van der Waals surface area contributed by atoms with Crippen molar-refractivity contribution in [2.45, 2.75) is 0 Å². The molecule has 0 radical (unpaired) electrons. The van der Waals surface area contributed by atoms with E-state index in [1.807, 2.05) is 133 Å². The molecule has 0 saturated heterocycles. The van der Waals surface area contributed by atoms with Crippen molar-refractivity contribution in [1.82, 2.24) is 0 Å². The number of rotatable bonds is 7. The molecular formula is C30H24N2O2. The number of benzene rings is 4. The van der Waals surface area contributed by atoms with Crippen LogP contribution in [0.3, 0.4) is 0 Å². The molecule has 0 aromatic heterocycles. The zero-order chi connectivity index (χ0) is 23.6. The second-order valence-corrected chi connectivity index (χ2v) is 7.55. The molecule has 0 saturated carbocycles. The van der Waals surface area contributed by atoms with Crippen molar-refractivity contribution in [2.75, 3.05) is 0 Å². The minimum absolute atomic E-state index is 0.420. The van der Waals surface area contributed by atoms with Crippen molar-refractivity contribution < 1.29 is 10.4 Å². The zero-order valence-corrected chi connectivity index (χ0v) is 18.5. The summed E-state index contributed by atoms with van der Waals surface area (Å²) in [7, 11) is 0. The summed E-state index contributed by atoms with van der Waals surface area (Å²) in [5.74, 6) is 0. The molecule has 4 aromatic rings. The van der Waals surface area contributed by atoms with Gasteiger partial charge in [-0.25, -0.2) is 0 Å². The van der Waals surface area contributed by atoms with Gasteiger partial charge in [0.2, 0.25) is 0 Å². The molecular weight excluding hydrogens is 420 g/mol. The maximum Gasteiger partial charge on any atom is 0.110 e. The molecule has 166 valence electrons. The first-order valence-electron chi connectivity index (χ1n) is 10.9. The van der Waals surface area contributed by atoms with Crippen LogP contribution in [0.15, 0.2) is 144 Å². The Bertz CT molecular complexity index is 1220. The van der Waals surface area contributed by atoms with E-state index in [9.17, 15) is 10.4 Å². The summed E-state index contributed by atoms with van der Waals surface area (Å²) in [6.07, 6.45) is 3.70. The maximum atomic E-state index is 9.89. The summed E-state index contributed by atoms with van der Waals surface area (Å²) in [5.41, 5.74) is 5.91. The van der Waals surface area contributed by atoms with Crippen molar-refractivity contribution in [3.05, 3.63) is 156 Å². The van der Waals surface area contributed by atoms with Crippen LogP contribution in [-0.2, 0) is 0 Å². The quantitative estimate of drug-likeness (QED) is 0.141. The fourth-order valence-corrected chi connectivity index (χ4v) is 3.70. The van der Waals surface area contributed by atoms with Crippen LogP contribution < -0.4 is 0 Å². The molecule has 0 aliphatic heterocycles. The Morgan fingerprint density at radius 1 is 0.412 bits per heavy atom. The van der Waals surface area contributed by atoms with Gasteiger partial charge in [0.25, 0.3) is 0 Å². The second-order valence-electron chi connectivity index (χ2n) is 7.55. The van der Waals surface area contributed by atoms with E-state index in [-0.39, 0.29) is 0 Å². The van der Waals surface area contributed by atoms with Gasteiger partial charge in [0.15, 0.2) is 0 Å². The standard InChI is InChI=1S/C30H24N2O2/c33-31-29(25-17-9-3-10-18-25)21-27(23-13-5-1-6-14-23)28(24-15-7-2-8-16-24)22-30(32-34)26-19-11-4-12-20-26/h1-22,33-34H. The molecule has 0 unspecified atom stereocenters. The predicted molar refractivity (Wildman–Crippen MR) is 138 cm³/mol. The smallest absolute Gasteiger partial charge is 0.110 e. The molecule has 4 aromatic carbocycles. The molecule has 4 nitrogen and oxygen atoms in total. The lowest BCUT2D eigenvalue weighted by Crippen LogP contribution is -2.03. The van der Waals surface area contributed by atoms with E-state index in [1.165, 1.54) is 0 Å². The van der Waals surface area contributed by atoms with Crippen LogP contribution in [0, 0.1) is 0 Å². The van der Waals surface area contributed by atoms with Crippen LogP contribution in [0.2, 0.25) is 0 Å². The van der Waals surface area contributed by atoms with E-state index in [0.29, 0.717) is 11.4 Å². The molecule has 4 rings (SSSR count). The normalized spacial score (nSPS) is 13.1. The SMILES string of the molecule is ON=C(C=C(C(=CC(=NO)c1ccccc1)c1ccccc1)c1ccccc1)c1ccccc1. The lowest BCUT2D eigenvalue weighted by atomic mass is 9.89. The summed E-state index contributed by atoms with van der Waals surface area (Å²) in [6.45, 7) is 0. The molecule has 0 aliphatic carbocycles. The largest absolute Gasteiger partial charge is 0.410 e. The second kappa shape index (κ2) is 11.2. The number of nitrogens with zero attached hydrogens (tertiary/aromatic N) is 2. The Labute approximate surface area is 199 Å². The molecule has 2 N–H and O–H groups in total. The fraction of sp³-hybridized carbons (Fsp3) is 0. The number of allylic oxidation sites excluding steroid dienone is 4. The number of oxime groups is 2. The Morgan fingerprint density at radius 2 is 0.676 bits per heavy atom. The summed E-state index contributed by atoms with van der Waals surface area (Å²) >= 11 is 0. The highest BCUT2D eigenvalue weighted by Crippen LogP contribution is 2.32. The van der Waals surface area contributed by atoms with Gasteiger partial charge in [-0.05, 0) is 34.4 Å². The third-order valence-corrected chi connectivity index (χ3v) is 5.38. The topological polar surface area (TPSA) is 65.2 Å². The summed E-state index contributed by atoms with van der Waals surface area (Å²) in [4.78, 5) is 0. The van der Waals surface area contributed by atoms with Crippen molar-refractivity contribution >= 4 is 22.6 Å².